The Morgan fingerprint density at radius 3 is 2.69 bits per heavy atom. The number of ether oxygens (including phenoxy) is 1. The average Bonchev–Trinajstić information content (AvgIpc) is 2.02. The van der Waals surface area contributed by atoms with E-state index in [-0.39, 0.29) is 4.99 Å². The molecule has 0 aromatic heterocycles. The first-order valence-corrected chi connectivity index (χ1v) is 4.97. The fourth-order valence-electron chi connectivity index (χ4n) is 0.951. The van der Waals surface area contributed by atoms with Crippen LogP contribution in [0.15, 0.2) is 16.6 Å². The maximum Gasteiger partial charge on any atom is 0.143 e. The molecule has 2 N–H and O–H groups in total. The molecule has 0 saturated carbocycles. The zero-order chi connectivity index (χ0) is 10.0. The van der Waals surface area contributed by atoms with Crippen molar-refractivity contribution in [3.63, 3.8) is 0 Å². The van der Waals surface area contributed by atoms with Crippen LogP contribution in [0.4, 0.5) is 0 Å². The van der Waals surface area contributed by atoms with Crippen LogP contribution in [0.25, 0.3) is 0 Å². The second-order valence-electron chi connectivity index (χ2n) is 2.33. The highest BCUT2D eigenvalue weighted by molar-refractivity contribution is 9.10. The molecule has 0 saturated heterocycles. The maximum absolute atomic E-state index is 5.82. The fraction of sp³-hybridized carbons (Fsp3) is 0.125. The Morgan fingerprint density at radius 2 is 2.23 bits per heavy atom. The summed E-state index contributed by atoms with van der Waals surface area (Å²) in [6, 6.07) is 3.40. The Hall–Kier alpha value is -0.320. The van der Waals surface area contributed by atoms with Crippen LogP contribution in [0.3, 0.4) is 0 Å². The van der Waals surface area contributed by atoms with Gasteiger partial charge in [-0.25, -0.2) is 0 Å². The lowest BCUT2D eigenvalue weighted by molar-refractivity contribution is 0.411. The molecule has 1 aromatic rings. The Kier molecular flexibility index (Phi) is 3.53. The van der Waals surface area contributed by atoms with E-state index in [2.05, 4.69) is 15.9 Å². The molecular weight excluding hydrogens is 274 g/mol. The SMILES string of the molecule is COc1c(Br)cc(Cl)cc1C(N)=S. The van der Waals surface area contributed by atoms with Crippen LogP contribution >= 0.6 is 39.7 Å². The van der Waals surface area contributed by atoms with Gasteiger partial charge in [0.1, 0.15) is 10.7 Å². The van der Waals surface area contributed by atoms with E-state index in [0.717, 1.165) is 4.47 Å². The Balaban J connectivity index is 3.38. The van der Waals surface area contributed by atoms with Gasteiger partial charge < -0.3 is 10.5 Å². The predicted octanol–water partition coefficient (Wildman–Crippen LogP) is 2.75. The Morgan fingerprint density at radius 1 is 1.62 bits per heavy atom. The van der Waals surface area contributed by atoms with E-state index in [9.17, 15) is 0 Å². The maximum atomic E-state index is 5.82. The summed E-state index contributed by atoms with van der Waals surface area (Å²) in [6.45, 7) is 0. The second kappa shape index (κ2) is 4.26. The van der Waals surface area contributed by atoms with E-state index in [1.165, 1.54) is 0 Å². The molecule has 0 fully saturated rings. The van der Waals surface area contributed by atoms with Crippen LogP contribution in [0.1, 0.15) is 5.56 Å². The highest BCUT2D eigenvalue weighted by atomic mass is 79.9. The molecule has 1 rings (SSSR count). The van der Waals surface area contributed by atoms with Gasteiger partial charge in [-0.15, -0.1) is 0 Å². The Bertz CT molecular complexity index is 356. The van der Waals surface area contributed by atoms with Crippen molar-refractivity contribution in [2.45, 2.75) is 0 Å². The van der Waals surface area contributed by atoms with Gasteiger partial charge in [-0.2, -0.15) is 0 Å². The summed E-state index contributed by atoms with van der Waals surface area (Å²) in [7, 11) is 1.55. The number of hydrogen-bond donors (Lipinski definition) is 1. The number of benzene rings is 1. The lowest BCUT2D eigenvalue weighted by Crippen LogP contribution is -2.11. The lowest BCUT2D eigenvalue weighted by atomic mass is 10.2. The molecule has 0 aliphatic rings. The molecule has 0 unspecified atom stereocenters. The van der Waals surface area contributed by atoms with Gasteiger partial charge in [0.05, 0.1) is 17.1 Å². The summed E-state index contributed by atoms with van der Waals surface area (Å²) in [6.07, 6.45) is 0. The molecule has 13 heavy (non-hydrogen) atoms. The number of methoxy groups -OCH3 is 1. The van der Waals surface area contributed by atoms with Gasteiger partial charge in [0.25, 0.3) is 0 Å². The largest absolute Gasteiger partial charge is 0.495 e. The molecule has 0 atom stereocenters. The van der Waals surface area contributed by atoms with E-state index in [4.69, 9.17) is 34.3 Å². The summed E-state index contributed by atoms with van der Waals surface area (Å²) in [5, 5.41) is 0.565. The van der Waals surface area contributed by atoms with E-state index < -0.39 is 0 Å². The highest BCUT2D eigenvalue weighted by Crippen LogP contribution is 2.32. The monoisotopic (exact) mass is 279 g/mol. The van der Waals surface area contributed by atoms with E-state index >= 15 is 0 Å². The van der Waals surface area contributed by atoms with Gasteiger partial charge in [0, 0.05) is 5.02 Å². The van der Waals surface area contributed by atoms with Crippen LogP contribution in [0, 0.1) is 0 Å². The molecule has 0 radical (unpaired) electrons. The topological polar surface area (TPSA) is 35.2 Å². The number of hydrogen-bond acceptors (Lipinski definition) is 2. The molecule has 5 heteroatoms. The van der Waals surface area contributed by atoms with Gasteiger partial charge in [0.2, 0.25) is 0 Å². The third-order valence-corrected chi connectivity index (χ3v) is 2.51. The molecule has 0 amide bonds. The van der Waals surface area contributed by atoms with Gasteiger partial charge in [0.15, 0.2) is 0 Å². The predicted molar refractivity (Wildman–Crippen MR) is 61.6 cm³/mol. The van der Waals surface area contributed by atoms with Crippen molar-refractivity contribution >= 4 is 44.7 Å². The Labute approximate surface area is 95.1 Å². The van der Waals surface area contributed by atoms with Gasteiger partial charge in [-0.05, 0) is 28.1 Å². The van der Waals surface area contributed by atoms with Gasteiger partial charge in [-0.1, -0.05) is 23.8 Å². The fourth-order valence-corrected chi connectivity index (χ4v) is 2.07. The summed E-state index contributed by atoms with van der Waals surface area (Å²) in [5.74, 6) is 0.608. The normalized spacial score (nSPS) is 9.77. The van der Waals surface area contributed by atoms with Crippen molar-refractivity contribution in [1.82, 2.24) is 0 Å². The van der Waals surface area contributed by atoms with Crippen LogP contribution in [-0.2, 0) is 0 Å². The molecule has 0 aliphatic heterocycles. The third kappa shape index (κ3) is 2.33. The number of nitrogens with two attached hydrogens (primary N) is 1. The minimum absolute atomic E-state index is 0.264. The summed E-state index contributed by atoms with van der Waals surface area (Å²) < 4.78 is 5.86. The van der Waals surface area contributed by atoms with Crippen LogP contribution < -0.4 is 10.5 Å². The smallest absolute Gasteiger partial charge is 0.143 e. The highest BCUT2D eigenvalue weighted by Gasteiger charge is 2.10. The molecule has 70 valence electrons. The van der Waals surface area contributed by atoms with Crippen molar-refractivity contribution in [3.05, 3.63) is 27.2 Å². The first kappa shape index (κ1) is 10.8. The van der Waals surface area contributed by atoms with E-state index in [0.29, 0.717) is 16.3 Å². The van der Waals surface area contributed by atoms with Crippen molar-refractivity contribution in [2.24, 2.45) is 5.73 Å². The average molecular weight is 281 g/mol. The minimum Gasteiger partial charge on any atom is -0.495 e. The minimum atomic E-state index is 0.264. The quantitative estimate of drug-likeness (QED) is 0.846. The van der Waals surface area contributed by atoms with E-state index in [1.807, 2.05) is 0 Å². The van der Waals surface area contributed by atoms with Gasteiger partial charge >= 0.3 is 0 Å². The standard InChI is InChI=1S/C8H7BrClNOS/c1-12-7-5(8(11)13)2-4(10)3-6(7)9/h2-3H,1H3,(H2,11,13). The summed E-state index contributed by atoms with van der Waals surface area (Å²) >= 11 is 14.0. The molecule has 0 heterocycles. The van der Waals surface area contributed by atoms with Crippen LogP contribution in [0.5, 0.6) is 5.75 Å². The number of thiocarbonyl (C=S) groups is 1. The van der Waals surface area contributed by atoms with Crippen molar-refractivity contribution in [3.8, 4) is 5.75 Å². The van der Waals surface area contributed by atoms with E-state index in [1.54, 1.807) is 19.2 Å². The molecule has 0 aliphatic carbocycles. The van der Waals surface area contributed by atoms with Crippen molar-refractivity contribution < 1.29 is 4.74 Å². The number of rotatable bonds is 2. The molecule has 0 spiro atoms. The molecule has 1 aromatic carbocycles. The summed E-state index contributed by atoms with van der Waals surface area (Å²) in [5.41, 5.74) is 6.14. The van der Waals surface area contributed by atoms with Crippen LogP contribution in [-0.4, -0.2) is 12.1 Å². The first-order chi connectivity index (χ1) is 6.06. The number of halogens is 2. The summed E-state index contributed by atoms with van der Waals surface area (Å²) in [4.78, 5) is 0.264. The first-order valence-electron chi connectivity index (χ1n) is 3.39. The lowest BCUT2D eigenvalue weighted by Gasteiger charge is -2.09. The second-order valence-corrected chi connectivity index (χ2v) is 4.06. The third-order valence-electron chi connectivity index (χ3n) is 1.48. The van der Waals surface area contributed by atoms with Gasteiger partial charge in [-0.3, -0.25) is 0 Å². The molecule has 0 bridgehead atoms. The van der Waals surface area contributed by atoms with Crippen molar-refractivity contribution in [2.75, 3.05) is 7.11 Å². The van der Waals surface area contributed by atoms with Crippen LogP contribution in [0.2, 0.25) is 5.02 Å². The zero-order valence-corrected chi connectivity index (χ0v) is 9.96. The molecule has 2 nitrogen and oxygen atoms in total. The zero-order valence-electron chi connectivity index (χ0n) is 6.80. The van der Waals surface area contributed by atoms with Crippen molar-refractivity contribution in [1.29, 1.82) is 0 Å². The molecular formula is C8H7BrClNOS.